The number of aromatic amines is 1. The number of nitrogens with one attached hydrogen (secondary N) is 2. The Labute approximate surface area is 108 Å². The van der Waals surface area contributed by atoms with Crippen molar-refractivity contribution in [3.8, 4) is 0 Å². The number of anilines is 1. The first-order valence-corrected chi connectivity index (χ1v) is 5.87. The summed E-state index contributed by atoms with van der Waals surface area (Å²) in [4.78, 5) is 15.4. The quantitative estimate of drug-likeness (QED) is 0.677. The summed E-state index contributed by atoms with van der Waals surface area (Å²) in [6, 6.07) is 3.70. The van der Waals surface area contributed by atoms with E-state index in [1.54, 1.807) is 12.3 Å². The second-order valence-corrected chi connectivity index (χ2v) is 4.15. The van der Waals surface area contributed by atoms with Crippen molar-refractivity contribution < 1.29 is 0 Å². The first-order chi connectivity index (χ1) is 9.24. The second kappa shape index (κ2) is 4.56. The lowest BCUT2D eigenvalue weighted by atomic mass is 10.3. The molecule has 0 aromatic carbocycles. The number of rotatable bonds is 4. The molecule has 3 rings (SSSR count). The van der Waals surface area contributed by atoms with Crippen molar-refractivity contribution >= 4 is 11.5 Å². The van der Waals surface area contributed by atoms with Gasteiger partial charge in [0.1, 0.15) is 12.1 Å². The number of hydrogen-bond acceptors (Lipinski definition) is 5. The fraction of sp³-hybridized carbons (Fsp3) is 0.273. The Morgan fingerprint density at radius 3 is 3.16 bits per heavy atom. The lowest BCUT2D eigenvalue weighted by Crippen LogP contribution is -2.12. The normalized spacial score (nSPS) is 11.0. The van der Waals surface area contributed by atoms with Gasteiger partial charge in [0.2, 0.25) is 0 Å². The molecule has 0 spiro atoms. The standard InChI is InChI=1S/C11H13N7O/c1-17-8(3-5-14-17)2-4-12-9-6-10-15-16-11(19)18(10)7-13-9/h3,5-7,12H,2,4H2,1H3,(H,16,19). The third-order valence-corrected chi connectivity index (χ3v) is 2.92. The molecule has 3 aromatic rings. The summed E-state index contributed by atoms with van der Waals surface area (Å²) in [5.74, 6) is 0.689. The van der Waals surface area contributed by atoms with Crippen molar-refractivity contribution in [1.29, 1.82) is 0 Å². The lowest BCUT2D eigenvalue weighted by Gasteiger charge is -2.05. The lowest BCUT2D eigenvalue weighted by molar-refractivity contribution is 0.711. The molecule has 0 bridgehead atoms. The van der Waals surface area contributed by atoms with Gasteiger partial charge in [0.15, 0.2) is 5.65 Å². The van der Waals surface area contributed by atoms with Crippen LogP contribution in [-0.4, -0.2) is 35.9 Å². The van der Waals surface area contributed by atoms with E-state index in [2.05, 4.69) is 25.6 Å². The van der Waals surface area contributed by atoms with Crippen molar-refractivity contribution in [2.45, 2.75) is 6.42 Å². The van der Waals surface area contributed by atoms with E-state index < -0.39 is 0 Å². The number of aromatic nitrogens is 6. The average molecular weight is 259 g/mol. The average Bonchev–Trinajstić information content (AvgIpc) is 2.97. The molecule has 0 unspecified atom stereocenters. The first kappa shape index (κ1) is 11.5. The molecule has 98 valence electrons. The molecular weight excluding hydrogens is 246 g/mol. The Bertz CT molecular complexity index is 754. The Hall–Kier alpha value is -2.64. The highest BCUT2D eigenvalue weighted by Crippen LogP contribution is 2.05. The topological polar surface area (TPSA) is 92.9 Å². The number of aryl methyl sites for hydroxylation is 1. The molecule has 0 aliphatic heterocycles. The first-order valence-electron chi connectivity index (χ1n) is 5.87. The summed E-state index contributed by atoms with van der Waals surface area (Å²) in [6.07, 6.45) is 4.07. The summed E-state index contributed by atoms with van der Waals surface area (Å²) in [5.41, 5.74) is 1.40. The van der Waals surface area contributed by atoms with Crippen LogP contribution in [0.3, 0.4) is 0 Å². The molecule has 0 atom stereocenters. The number of hydrogen-bond donors (Lipinski definition) is 2. The zero-order valence-electron chi connectivity index (χ0n) is 10.4. The molecule has 0 saturated heterocycles. The van der Waals surface area contributed by atoms with Gasteiger partial charge in [0.05, 0.1) is 0 Å². The third-order valence-electron chi connectivity index (χ3n) is 2.92. The van der Waals surface area contributed by atoms with Crippen LogP contribution in [0.2, 0.25) is 0 Å². The Morgan fingerprint density at radius 2 is 2.37 bits per heavy atom. The zero-order chi connectivity index (χ0) is 13.2. The van der Waals surface area contributed by atoms with Gasteiger partial charge >= 0.3 is 5.69 Å². The van der Waals surface area contributed by atoms with Gasteiger partial charge in [-0.1, -0.05) is 0 Å². The van der Waals surface area contributed by atoms with Crippen LogP contribution in [0.15, 0.2) is 29.5 Å². The van der Waals surface area contributed by atoms with Crippen LogP contribution < -0.4 is 11.0 Å². The number of H-pyrrole nitrogens is 1. The van der Waals surface area contributed by atoms with Gasteiger partial charge < -0.3 is 5.32 Å². The maximum atomic E-state index is 11.3. The van der Waals surface area contributed by atoms with Crippen LogP contribution in [0.5, 0.6) is 0 Å². The smallest absolute Gasteiger partial charge is 0.348 e. The van der Waals surface area contributed by atoms with E-state index in [1.165, 1.54) is 10.7 Å². The maximum Gasteiger partial charge on any atom is 0.348 e. The summed E-state index contributed by atoms with van der Waals surface area (Å²) in [5, 5.41) is 13.5. The Morgan fingerprint density at radius 1 is 1.47 bits per heavy atom. The van der Waals surface area contributed by atoms with Gasteiger partial charge in [-0.3, -0.25) is 4.68 Å². The van der Waals surface area contributed by atoms with Gasteiger partial charge in [0, 0.05) is 38.0 Å². The number of fused-ring (bicyclic) bond motifs is 1. The van der Waals surface area contributed by atoms with Crippen molar-refractivity contribution in [2.75, 3.05) is 11.9 Å². The predicted octanol–water partition coefficient (Wildman–Crippen LogP) is -0.194. The monoisotopic (exact) mass is 259 g/mol. The van der Waals surface area contributed by atoms with Gasteiger partial charge in [-0.2, -0.15) is 10.2 Å². The largest absolute Gasteiger partial charge is 0.370 e. The van der Waals surface area contributed by atoms with Crippen LogP contribution in [0.4, 0.5) is 5.82 Å². The molecule has 0 fully saturated rings. The molecule has 8 heteroatoms. The van der Waals surface area contributed by atoms with Crippen LogP contribution in [0, 0.1) is 0 Å². The summed E-state index contributed by atoms with van der Waals surface area (Å²) in [6.45, 7) is 0.733. The second-order valence-electron chi connectivity index (χ2n) is 4.15. The molecular formula is C11H13N7O. The molecule has 3 aromatic heterocycles. The molecule has 0 aliphatic carbocycles. The van der Waals surface area contributed by atoms with E-state index in [9.17, 15) is 4.79 Å². The molecule has 0 radical (unpaired) electrons. The van der Waals surface area contributed by atoms with Crippen molar-refractivity contribution in [3.63, 3.8) is 0 Å². The van der Waals surface area contributed by atoms with Gasteiger partial charge in [-0.15, -0.1) is 0 Å². The fourth-order valence-electron chi connectivity index (χ4n) is 1.87. The number of nitrogens with zero attached hydrogens (tertiary/aromatic N) is 5. The molecule has 0 amide bonds. The molecule has 19 heavy (non-hydrogen) atoms. The summed E-state index contributed by atoms with van der Waals surface area (Å²) >= 11 is 0. The molecule has 2 N–H and O–H groups in total. The molecule has 0 aliphatic rings. The van der Waals surface area contributed by atoms with Crippen LogP contribution in [-0.2, 0) is 13.5 Å². The minimum atomic E-state index is -0.288. The Balaban J connectivity index is 1.68. The van der Waals surface area contributed by atoms with E-state index >= 15 is 0 Å². The van der Waals surface area contributed by atoms with E-state index in [-0.39, 0.29) is 5.69 Å². The van der Waals surface area contributed by atoms with Crippen molar-refractivity contribution in [2.24, 2.45) is 7.05 Å². The zero-order valence-corrected chi connectivity index (χ0v) is 10.4. The van der Waals surface area contributed by atoms with E-state index in [0.717, 1.165) is 18.7 Å². The highest BCUT2D eigenvalue weighted by molar-refractivity contribution is 5.48. The molecule has 0 saturated carbocycles. The minimum absolute atomic E-state index is 0.288. The highest BCUT2D eigenvalue weighted by Gasteiger charge is 2.02. The maximum absolute atomic E-state index is 11.3. The predicted molar refractivity (Wildman–Crippen MR) is 69.0 cm³/mol. The SMILES string of the molecule is Cn1nccc1CCNc1cc2n[nH]c(=O)n2cn1. The van der Waals surface area contributed by atoms with Gasteiger partial charge in [-0.05, 0) is 6.07 Å². The van der Waals surface area contributed by atoms with Crippen molar-refractivity contribution in [1.82, 2.24) is 29.4 Å². The summed E-state index contributed by atoms with van der Waals surface area (Å²) in [7, 11) is 1.91. The molecule has 8 nitrogen and oxygen atoms in total. The van der Waals surface area contributed by atoms with Crippen LogP contribution >= 0.6 is 0 Å². The highest BCUT2D eigenvalue weighted by atomic mass is 16.1. The van der Waals surface area contributed by atoms with Gasteiger partial charge in [0.25, 0.3) is 0 Å². The van der Waals surface area contributed by atoms with E-state index in [0.29, 0.717) is 11.5 Å². The minimum Gasteiger partial charge on any atom is -0.370 e. The van der Waals surface area contributed by atoms with Gasteiger partial charge in [-0.25, -0.2) is 19.3 Å². The third kappa shape index (κ3) is 2.19. The van der Waals surface area contributed by atoms with Crippen LogP contribution in [0.1, 0.15) is 5.69 Å². The fourth-order valence-corrected chi connectivity index (χ4v) is 1.87. The summed E-state index contributed by atoms with van der Waals surface area (Å²) < 4.78 is 3.19. The van der Waals surface area contributed by atoms with E-state index in [1.807, 2.05) is 17.8 Å². The van der Waals surface area contributed by atoms with E-state index in [4.69, 9.17) is 0 Å². The van der Waals surface area contributed by atoms with Crippen LogP contribution in [0.25, 0.3) is 5.65 Å². The molecule has 3 heterocycles. The Kier molecular flexibility index (Phi) is 2.75. The van der Waals surface area contributed by atoms with Crippen molar-refractivity contribution in [3.05, 3.63) is 40.8 Å².